The number of hydrogen-bond acceptors (Lipinski definition) is 3. The molecule has 0 aliphatic heterocycles. The predicted molar refractivity (Wildman–Crippen MR) is 55.5 cm³/mol. The summed E-state index contributed by atoms with van der Waals surface area (Å²) in [4.78, 5) is 8.64. The van der Waals surface area contributed by atoms with E-state index in [0.717, 1.165) is 28.9 Å². The molecule has 0 atom stereocenters. The monoisotopic (exact) mass is 188 g/mol. The molecule has 0 radical (unpaired) electrons. The molecule has 0 bridgehead atoms. The third kappa shape index (κ3) is 1.53. The van der Waals surface area contributed by atoms with Crippen LogP contribution in [0.25, 0.3) is 10.9 Å². The normalized spacial score (nSPS) is 10.4. The van der Waals surface area contributed by atoms with Gasteiger partial charge in [0.2, 0.25) is 0 Å². The lowest BCUT2D eigenvalue weighted by Gasteiger charge is -2.02. The maximum absolute atomic E-state index is 5.12. The fraction of sp³-hybridized carbons (Fsp3) is 0.273. The van der Waals surface area contributed by atoms with Crippen LogP contribution in [0, 0.1) is 0 Å². The SMILES string of the molecule is CCc1ncc2cc(OC)ccc2n1. The summed E-state index contributed by atoms with van der Waals surface area (Å²) in [5.74, 6) is 1.72. The van der Waals surface area contributed by atoms with E-state index < -0.39 is 0 Å². The highest BCUT2D eigenvalue weighted by molar-refractivity contribution is 5.79. The van der Waals surface area contributed by atoms with E-state index in [9.17, 15) is 0 Å². The van der Waals surface area contributed by atoms with Gasteiger partial charge in [-0.05, 0) is 18.2 Å². The molecule has 0 aliphatic rings. The Morgan fingerprint density at radius 2 is 2.21 bits per heavy atom. The van der Waals surface area contributed by atoms with Crippen LogP contribution in [0.4, 0.5) is 0 Å². The lowest BCUT2D eigenvalue weighted by Crippen LogP contribution is -1.92. The zero-order chi connectivity index (χ0) is 9.97. The maximum Gasteiger partial charge on any atom is 0.128 e. The lowest BCUT2D eigenvalue weighted by atomic mass is 10.2. The van der Waals surface area contributed by atoms with Gasteiger partial charge in [-0.25, -0.2) is 9.97 Å². The number of aromatic nitrogens is 2. The molecule has 0 saturated heterocycles. The van der Waals surface area contributed by atoms with E-state index in [4.69, 9.17) is 4.74 Å². The number of rotatable bonds is 2. The summed E-state index contributed by atoms with van der Waals surface area (Å²) >= 11 is 0. The molecule has 2 aromatic rings. The topological polar surface area (TPSA) is 35.0 Å². The average molecular weight is 188 g/mol. The Bertz CT molecular complexity index is 411. The zero-order valence-corrected chi connectivity index (χ0v) is 8.32. The molecular formula is C11H12N2O. The second-order valence-electron chi connectivity index (χ2n) is 3.06. The number of aryl methyl sites for hydroxylation is 1. The molecule has 0 spiro atoms. The fourth-order valence-corrected chi connectivity index (χ4v) is 1.35. The lowest BCUT2D eigenvalue weighted by molar-refractivity contribution is 0.415. The standard InChI is InChI=1S/C11H12N2O/c1-3-11-12-7-8-6-9(14-2)4-5-10(8)13-11/h4-7H,3H2,1-2H3. The average Bonchev–Trinajstić information content (AvgIpc) is 2.27. The Kier molecular flexibility index (Phi) is 2.31. The van der Waals surface area contributed by atoms with Crippen molar-refractivity contribution in [2.45, 2.75) is 13.3 Å². The first-order valence-electron chi connectivity index (χ1n) is 4.63. The van der Waals surface area contributed by atoms with Crippen molar-refractivity contribution in [1.82, 2.24) is 9.97 Å². The van der Waals surface area contributed by atoms with Crippen molar-refractivity contribution in [1.29, 1.82) is 0 Å². The van der Waals surface area contributed by atoms with Crippen LogP contribution in [-0.2, 0) is 6.42 Å². The maximum atomic E-state index is 5.12. The molecule has 0 saturated carbocycles. The van der Waals surface area contributed by atoms with E-state index >= 15 is 0 Å². The van der Waals surface area contributed by atoms with Crippen LogP contribution in [0.3, 0.4) is 0 Å². The van der Waals surface area contributed by atoms with Gasteiger partial charge in [-0.15, -0.1) is 0 Å². The van der Waals surface area contributed by atoms with Crippen LogP contribution in [0.5, 0.6) is 5.75 Å². The van der Waals surface area contributed by atoms with Crippen molar-refractivity contribution in [2.75, 3.05) is 7.11 Å². The highest BCUT2D eigenvalue weighted by atomic mass is 16.5. The molecule has 1 heterocycles. The van der Waals surface area contributed by atoms with Gasteiger partial charge in [-0.1, -0.05) is 6.92 Å². The highest BCUT2D eigenvalue weighted by Gasteiger charge is 1.99. The van der Waals surface area contributed by atoms with Crippen LogP contribution in [-0.4, -0.2) is 17.1 Å². The smallest absolute Gasteiger partial charge is 0.128 e. The van der Waals surface area contributed by atoms with Gasteiger partial charge >= 0.3 is 0 Å². The van der Waals surface area contributed by atoms with Crippen LogP contribution in [0.15, 0.2) is 24.4 Å². The number of fused-ring (bicyclic) bond motifs is 1. The first-order chi connectivity index (χ1) is 6.83. The van der Waals surface area contributed by atoms with E-state index in [1.54, 1.807) is 7.11 Å². The number of hydrogen-bond donors (Lipinski definition) is 0. The van der Waals surface area contributed by atoms with Gasteiger partial charge in [-0.3, -0.25) is 0 Å². The van der Waals surface area contributed by atoms with Crippen molar-refractivity contribution in [2.24, 2.45) is 0 Å². The minimum absolute atomic E-state index is 0.838. The first-order valence-corrected chi connectivity index (χ1v) is 4.63. The van der Waals surface area contributed by atoms with Gasteiger partial charge in [0.1, 0.15) is 11.6 Å². The fourth-order valence-electron chi connectivity index (χ4n) is 1.35. The van der Waals surface area contributed by atoms with Crippen LogP contribution in [0.1, 0.15) is 12.7 Å². The Labute approximate surface area is 82.8 Å². The van der Waals surface area contributed by atoms with Crippen LogP contribution >= 0.6 is 0 Å². The predicted octanol–water partition coefficient (Wildman–Crippen LogP) is 2.20. The third-order valence-electron chi connectivity index (χ3n) is 2.15. The molecule has 1 aromatic carbocycles. The molecule has 3 nitrogen and oxygen atoms in total. The Morgan fingerprint density at radius 1 is 1.36 bits per heavy atom. The van der Waals surface area contributed by atoms with Gasteiger partial charge in [0, 0.05) is 18.0 Å². The van der Waals surface area contributed by atoms with Crippen molar-refractivity contribution in [3.8, 4) is 5.75 Å². The summed E-state index contributed by atoms with van der Waals surface area (Å²) in [7, 11) is 1.66. The molecule has 0 fully saturated rings. The van der Waals surface area contributed by atoms with E-state index in [-0.39, 0.29) is 0 Å². The molecule has 0 amide bonds. The number of benzene rings is 1. The first kappa shape index (κ1) is 8.94. The summed E-state index contributed by atoms with van der Waals surface area (Å²) in [6.45, 7) is 2.05. The van der Waals surface area contributed by atoms with E-state index in [2.05, 4.69) is 9.97 Å². The summed E-state index contributed by atoms with van der Waals surface area (Å²) in [5, 5.41) is 1.02. The minimum atomic E-state index is 0.838. The molecule has 72 valence electrons. The highest BCUT2D eigenvalue weighted by Crippen LogP contribution is 2.18. The largest absolute Gasteiger partial charge is 0.497 e. The van der Waals surface area contributed by atoms with Crippen LogP contribution in [0.2, 0.25) is 0 Å². The molecule has 2 rings (SSSR count). The summed E-state index contributed by atoms with van der Waals surface area (Å²) in [6, 6.07) is 5.80. The van der Waals surface area contributed by atoms with E-state index in [1.807, 2.05) is 31.3 Å². The van der Waals surface area contributed by atoms with Gasteiger partial charge in [-0.2, -0.15) is 0 Å². The van der Waals surface area contributed by atoms with Crippen molar-refractivity contribution in [3.05, 3.63) is 30.2 Å². The number of methoxy groups -OCH3 is 1. The zero-order valence-electron chi connectivity index (χ0n) is 8.32. The number of nitrogens with zero attached hydrogens (tertiary/aromatic N) is 2. The number of ether oxygens (including phenoxy) is 1. The molecule has 0 unspecified atom stereocenters. The summed E-state index contributed by atoms with van der Waals surface area (Å²) < 4.78 is 5.12. The third-order valence-corrected chi connectivity index (χ3v) is 2.15. The second kappa shape index (κ2) is 3.62. The molecule has 0 aliphatic carbocycles. The molecule has 0 N–H and O–H groups in total. The molecule has 14 heavy (non-hydrogen) atoms. The van der Waals surface area contributed by atoms with Crippen molar-refractivity contribution < 1.29 is 4.74 Å². The molecular weight excluding hydrogens is 176 g/mol. The minimum Gasteiger partial charge on any atom is -0.497 e. The summed E-state index contributed by atoms with van der Waals surface area (Å²) in [6.07, 6.45) is 2.70. The summed E-state index contributed by atoms with van der Waals surface area (Å²) in [5.41, 5.74) is 0.970. The second-order valence-corrected chi connectivity index (χ2v) is 3.06. The molecule has 3 heteroatoms. The Hall–Kier alpha value is -1.64. The van der Waals surface area contributed by atoms with Crippen molar-refractivity contribution >= 4 is 10.9 Å². The van der Waals surface area contributed by atoms with E-state index in [1.165, 1.54) is 0 Å². The van der Waals surface area contributed by atoms with E-state index in [0.29, 0.717) is 0 Å². The quantitative estimate of drug-likeness (QED) is 0.724. The van der Waals surface area contributed by atoms with Gasteiger partial charge < -0.3 is 4.74 Å². The van der Waals surface area contributed by atoms with Crippen molar-refractivity contribution in [3.63, 3.8) is 0 Å². The molecule has 1 aromatic heterocycles. The van der Waals surface area contributed by atoms with Gasteiger partial charge in [0.15, 0.2) is 0 Å². The Balaban J connectivity index is 2.57. The Morgan fingerprint density at radius 3 is 2.93 bits per heavy atom. The van der Waals surface area contributed by atoms with Gasteiger partial charge in [0.05, 0.1) is 12.6 Å². The van der Waals surface area contributed by atoms with Crippen LogP contribution < -0.4 is 4.74 Å². The van der Waals surface area contributed by atoms with Gasteiger partial charge in [0.25, 0.3) is 0 Å².